The molecule has 1 fully saturated rings. The van der Waals surface area contributed by atoms with Gasteiger partial charge in [0.25, 0.3) is 0 Å². The van der Waals surface area contributed by atoms with Gasteiger partial charge in [-0.1, -0.05) is 84.9 Å². The number of ether oxygens (including phenoxy) is 2. The summed E-state index contributed by atoms with van der Waals surface area (Å²) in [6.45, 7) is 0.880. The summed E-state index contributed by atoms with van der Waals surface area (Å²) in [5.74, 6) is -0.753. The molecule has 0 radical (unpaired) electrons. The highest BCUT2D eigenvalue weighted by atomic mass is 16.6. The number of benzene rings is 3. The summed E-state index contributed by atoms with van der Waals surface area (Å²) in [4.78, 5) is 39.6. The van der Waals surface area contributed by atoms with E-state index in [2.05, 4.69) is 10.6 Å². The molecule has 9 nitrogen and oxygen atoms in total. The second kappa shape index (κ2) is 13.9. The van der Waals surface area contributed by atoms with Gasteiger partial charge in [-0.05, 0) is 41.0 Å². The fraction of sp³-hybridized carbons (Fsp3) is 0.378. The molecule has 3 aliphatic rings. The van der Waals surface area contributed by atoms with Crippen molar-refractivity contribution >= 4 is 17.8 Å². The van der Waals surface area contributed by atoms with Gasteiger partial charge >= 0.3 is 6.09 Å². The van der Waals surface area contributed by atoms with Crippen molar-refractivity contribution in [2.75, 3.05) is 13.2 Å². The molecule has 0 saturated carbocycles. The van der Waals surface area contributed by atoms with Crippen LogP contribution in [-0.4, -0.2) is 59.9 Å². The summed E-state index contributed by atoms with van der Waals surface area (Å²) >= 11 is 0. The number of alkyl carbamates (subject to hydrolysis) is 1. The number of aliphatic hydroxyl groups is 1. The van der Waals surface area contributed by atoms with E-state index in [1.165, 1.54) is 0 Å². The molecule has 6 atom stereocenters. The summed E-state index contributed by atoms with van der Waals surface area (Å²) in [7, 11) is 0. The van der Waals surface area contributed by atoms with Gasteiger partial charge in [-0.2, -0.15) is 0 Å². The number of nitrogens with two attached hydrogens (primary N) is 1. The zero-order valence-electron chi connectivity index (χ0n) is 25.8. The SMILES string of the molecule is NC(=O)C[C@@H]1C[C@H](C2=CN[C@](Cc3ccccc3)(CC(O)[C@@H](Cc3ccccc3)NC(=O)O[C@H]3CCOC3)C2=O)c2ccccc21. The van der Waals surface area contributed by atoms with Gasteiger partial charge in [0.05, 0.1) is 25.4 Å². The second-order valence-electron chi connectivity index (χ2n) is 12.7. The number of rotatable bonds is 12. The van der Waals surface area contributed by atoms with Gasteiger partial charge in [-0.25, -0.2) is 4.79 Å². The van der Waals surface area contributed by atoms with E-state index in [4.69, 9.17) is 15.2 Å². The topological polar surface area (TPSA) is 140 Å². The first-order valence-electron chi connectivity index (χ1n) is 16.0. The normalized spacial score (nSPS) is 24.8. The first kappa shape index (κ1) is 31.5. The number of hydrogen-bond donors (Lipinski definition) is 4. The minimum atomic E-state index is -1.16. The first-order valence-corrected chi connectivity index (χ1v) is 16.0. The number of nitrogens with one attached hydrogen (secondary N) is 2. The Bertz CT molecular complexity index is 1570. The lowest BCUT2D eigenvalue weighted by atomic mass is 9.77. The predicted octanol–water partition coefficient (Wildman–Crippen LogP) is 4.05. The largest absolute Gasteiger partial charge is 0.444 e. The Morgan fingerprint density at radius 1 is 1.00 bits per heavy atom. The zero-order chi connectivity index (χ0) is 32.1. The van der Waals surface area contributed by atoms with Gasteiger partial charge in [0.15, 0.2) is 5.78 Å². The number of ketones is 1. The highest BCUT2D eigenvalue weighted by Gasteiger charge is 2.49. The Morgan fingerprint density at radius 2 is 1.67 bits per heavy atom. The van der Waals surface area contributed by atoms with Crippen LogP contribution < -0.4 is 16.4 Å². The van der Waals surface area contributed by atoms with Crippen LogP contribution in [0.25, 0.3) is 0 Å². The maximum Gasteiger partial charge on any atom is 0.407 e. The summed E-state index contributed by atoms with van der Waals surface area (Å²) < 4.78 is 10.9. The third-order valence-corrected chi connectivity index (χ3v) is 9.49. The van der Waals surface area contributed by atoms with Crippen LogP contribution in [-0.2, 0) is 31.9 Å². The molecule has 0 spiro atoms. The summed E-state index contributed by atoms with van der Waals surface area (Å²) in [5, 5.41) is 18.2. The van der Waals surface area contributed by atoms with Gasteiger partial charge in [-0.3, -0.25) is 9.59 Å². The van der Waals surface area contributed by atoms with Crippen LogP contribution >= 0.6 is 0 Å². The van der Waals surface area contributed by atoms with Crippen molar-refractivity contribution in [3.8, 4) is 0 Å². The van der Waals surface area contributed by atoms with Crippen molar-refractivity contribution in [3.63, 3.8) is 0 Å². The first-order chi connectivity index (χ1) is 22.3. The lowest BCUT2D eigenvalue weighted by molar-refractivity contribution is -0.122. The molecule has 2 amide bonds. The third-order valence-electron chi connectivity index (χ3n) is 9.49. The average molecular weight is 624 g/mol. The minimum absolute atomic E-state index is 0.0458. The molecule has 1 unspecified atom stereocenters. The number of fused-ring (bicyclic) bond motifs is 1. The average Bonchev–Trinajstić information content (AvgIpc) is 3.76. The van der Waals surface area contributed by atoms with Crippen LogP contribution in [0.4, 0.5) is 4.79 Å². The number of Topliss-reactive ketones (excluding diaryl/α,β-unsaturated/α-hetero) is 1. The van der Waals surface area contributed by atoms with Crippen LogP contribution in [0.1, 0.15) is 59.8 Å². The van der Waals surface area contributed by atoms with Crippen molar-refractivity contribution < 1.29 is 29.0 Å². The van der Waals surface area contributed by atoms with E-state index in [1.54, 1.807) is 6.20 Å². The number of amides is 2. The molecule has 0 bridgehead atoms. The van der Waals surface area contributed by atoms with Crippen LogP contribution in [0.5, 0.6) is 0 Å². The fourth-order valence-corrected chi connectivity index (χ4v) is 7.24. The second-order valence-corrected chi connectivity index (χ2v) is 12.7. The Hall–Kier alpha value is -4.47. The van der Waals surface area contributed by atoms with E-state index < -0.39 is 23.8 Å². The summed E-state index contributed by atoms with van der Waals surface area (Å²) in [6, 6.07) is 26.5. The molecule has 6 rings (SSSR count). The molecule has 240 valence electrons. The Labute approximate surface area is 269 Å². The number of hydrogen-bond acceptors (Lipinski definition) is 7. The molecular weight excluding hydrogens is 582 g/mol. The molecular formula is C37H41N3O6. The quantitative estimate of drug-likeness (QED) is 0.239. The van der Waals surface area contributed by atoms with Gasteiger partial charge in [0.2, 0.25) is 5.91 Å². The third kappa shape index (κ3) is 7.00. The van der Waals surface area contributed by atoms with Crippen LogP contribution in [0.3, 0.4) is 0 Å². The highest BCUT2D eigenvalue weighted by molar-refractivity contribution is 6.06. The molecule has 2 heterocycles. The van der Waals surface area contributed by atoms with Gasteiger partial charge in [0, 0.05) is 43.4 Å². The molecule has 0 aromatic heterocycles. The van der Waals surface area contributed by atoms with E-state index in [0.29, 0.717) is 44.5 Å². The number of primary amides is 1. The molecule has 2 aliphatic heterocycles. The number of carbonyl (C=O) groups excluding carboxylic acids is 3. The monoisotopic (exact) mass is 623 g/mol. The van der Waals surface area contributed by atoms with Gasteiger partial charge < -0.3 is 30.9 Å². The lowest BCUT2D eigenvalue weighted by Gasteiger charge is -2.35. The number of aliphatic hydroxyl groups excluding tert-OH is 1. The molecule has 1 saturated heterocycles. The van der Waals surface area contributed by atoms with Crippen molar-refractivity contribution in [2.45, 2.75) is 74.1 Å². The van der Waals surface area contributed by atoms with Crippen molar-refractivity contribution in [2.24, 2.45) is 5.73 Å². The molecule has 5 N–H and O–H groups in total. The van der Waals surface area contributed by atoms with Crippen molar-refractivity contribution in [1.29, 1.82) is 0 Å². The van der Waals surface area contributed by atoms with Crippen molar-refractivity contribution in [1.82, 2.24) is 10.6 Å². The van der Waals surface area contributed by atoms with E-state index in [0.717, 1.165) is 22.3 Å². The zero-order valence-corrected chi connectivity index (χ0v) is 25.8. The fourth-order valence-electron chi connectivity index (χ4n) is 7.24. The Morgan fingerprint density at radius 3 is 2.35 bits per heavy atom. The molecule has 3 aromatic rings. The lowest BCUT2D eigenvalue weighted by Crippen LogP contribution is -2.55. The predicted molar refractivity (Wildman–Crippen MR) is 173 cm³/mol. The smallest absolute Gasteiger partial charge is 0.407 e. The van der Waals surface area contributed by atoms with Crippen LogP contribution in [0.2, 0.25) is 0 Å². The van der Waals surface area contributed by atoms with Crippen LogP contribution in [0.15, 0.2) is 96.7 Å². The standard InChI is InChI=1S/C37H41N3O6/c38-34(42)19-26-18-30(29-14-8-7-13-28(26)29)31-22-39-37(35(31)43,20-25-11-5-2-6-12-25)21-33(41)32(17-24-9-3-1-4-10-24)40-36(44)46-27-15-16-45-23-27/h1-14,22,26-27,30,32-33,39,41H,15-21,23H2,(H2,38,42)(H,40,44)/t26-,27-,30-,32+,33?,37+/m0/s1. The Balaban J connectivity index is 1.27. The highest BCUT2D eigenvalue weighted by Crippen LogP contribution is 2.49. The molecule has 9 heteroatoms. The van der Waals surface area contributed by atoms with Gasteiger partial charge in [-0.15, -0.1) is 0 Å². The Kier molecular flexibility index (Phi) is 9.51. The van der Waals surface area contributed by atoms with E-state index in [-0.39, 0.29) is 42.5 Å². The van der Waals surface area contributed by atoms with E-state index in [1.807, 2.05) is 84.9 Å². The minimum Gasteiger partial charge on any atom is -0.444 e. The summed E-state index contributed by atoms with van der Waals surface area (Å²) in [5.41, 5.74) is 8.99. The molecule has 3 aromatic carbocycles. The van der Waals surface area contributed by atoms with Crippen molar-refractivity contribution in [3.05, 3.63) is 119 Å². The van der Waals surface area contributed by atoms with Crippen LogP contribution in [0, 0.1) is 0 Å². The summed E-state index contributed by atoms with van der Waals surface area (Å²) in [6.07, 6.45) is 1.90. The number of carbonyl (C=O) groups is 3. The maximum atomic E-state index is 14.7. The maximum absolute atomic E-state index is 14.7. The van der Waals surface area contributed by atoms with E-state index in [9.17, 15) is 19.5 Å². The molecule has 46 heavy (non-hydrogen) atoms. The van der Waals surface area contributed by atoms with Gasteiger partial charge in [0.1, 0.15) is 11.6 Å². The van der Waals surface area contributed by atoms with E-state index >= 15 is 0 Å². The molecule has 1 aliphatic carbocycles.